The van der Waals surface area contributed by atoms with Gasteiger partial charge in [-0.1, -0.05) is 41.9 Å². The number of hydrogen-bond acceptors (Lipinski definition) is 5. The second-order valence-electron chi connectivity index (χ2n) is 7.38. The standard InChI is InChI=1S/C19H23ClN4O3S/c20-18-17(12-21-24(19(18)25)13-14-4-2-1-3-5-14)22-15-8-10-23(11-9-15)28(26,27)16-6-7-16/h1-5,12,15-16,22H,6-11,13H2. The summed E-state index contributed by atoms with van der Waals surface area (Å²) in [6, 6.07) is 9.66. The Morgan fingerprint density at radius 2 is 1.79 bits per heavy atom. The van der Waals surface area contributed by atoms with E-state index in [0.717, 1.165) is 18.4 Å². The molecule has 28 heavy (non-hydrogen) atoms. The number of hydrogen-bond donors (Lipinski definition) is 1. The third-order valence-electron chi connectivity index (χ3n) is 5.28. The fourth-order valence-electron chi connectivity index (χ4n) is 3.49. The number of aromatic nitrogens is 2. The van der Waals surface area contributed by atoms with Crippen LogP contribution in [0, 0.1) is 0 Å². The minimum absolute atomic E-state index is 0.0642. The third kappa shape index (κ3) is 4.09. The van der Waals surface area contributed by atoms with E-state index in [1.54, 1.807) is 10.5 Å². The van der Waals surface area contributed by atoms with Crippen LogP contribution in [0.3, 0.4) is 0 Å². The van der Waals surface area contributed by atoms with Gasteiger partial charge < -0.3 is 5.32 Å². The molecule has 0 radical (unpaired) electrons. The summed E-state index contributed by atoms with van der Waals surface area (Å²) in [4.78, 5) is 12.5. The van der Waals surface area contributed by atoms with Gasteiger partial charge in [-0.3, -0.25) is 4.79 Å². The van der Waals surface area contributed by atoms with Crippen LogP contribution in [0.15, 0.2) is 41.3 Å². The normalized spacial score (nSPS) is 18.9. The molecule has 1 aliphatic carbocycles. The second kappa shape index (κ2) is 7.85. The van der Waals surface area contributed by atoms with Gasteiger partial charge in [-0.15, -0.1) is 0 Å². The van der Waals surface area contributed by atoms with Gasteiger partial charge in [-0.05, 0) is 31.2 Å². The molecule has 4 rings (SSSR count). The van der Waals surface area contributed by atoms with E-state index in [-0.39, 0.29) is 21.9 Å². The molecule has 1 aliphatic heterocycles. The van der Waals surface area contributed by atoms with E-state index >= 15 is 0 Å². The molecule has 9 heteroatoms. The molecule has 1 aromatic heterocycles. The molecule has 0 amide bonds. The number of nitrogens with one attached hydrogen (secondary N) is 1. The predicted molar refractivity (Wildman–Crippen MR) is 109 cm³/mol. The number of anilines is 1. The van der Waals surface area contributed by atoms with Crippen LogP contribution in [0.25, 0.3) is 0 Å². The van der Waals surface area contributed by atoms with E-state index in [0.29, 0.717) is 38.2 Å². The zero-order valence-corrected chi connectivity index (χ0v) is 17.0. The van der Waals surface area contributed by atoms with E-state index in [2.05, 4.69) is 10.4 Å². The largest absolute Gasteiger partial charge is 0.380 e. The molecular weight excluding hydrogens is 400 g/mol. The smallest absolute Gasteiger partial charge is 0.287 e. The van der Waals surface area contributed by atoms with E-state index in [4.69, 9.17) is 11.6 Å². The molecule has 2 aliphatic rings. The number of nitrogens with zero attached hydrogens (tertiary/aromatic N) is 3. The van der Waals surface area contributed by atoms with Crippen molar-refractivity contribution < 1.29 is 8.42 Å². The first-order valence-electron chi connectivity index (χ1n) is 9.50. The molecule has 1 saturated carbocycles. The number of sulfonamides is 1. The summed E-state index contributed by atoms with van der Waals surface area (Å²) in [5.74, 6) is 0. The molecule has 1 saturated heterocycles. The van der Waals surface area contributed by atoms with Gasteiger partial charge >= 0.3 is 0 Å². The molecule has 0 atom stereocenters. The Labute approximate surface area is 169 Å². The summed E-state index contributed by atoms with van der Waals surface area (Å²) in [6.45, 7) is 1.34. The molecule has 2 aromatic rings. The molecule has 7 nitrogen and oxygen atoms in total. The number of benzene rings is 1. The Bertz CT molecular complexity index is 998. The van der Waals surface area contributed by atoms with Crippen LogP contribution in [0.2, 0.25) is 5.02 Å². The Kier molecular flexibility index (Phi) is 5.44. The summed E-state index contributed by atoms with van der Waals surface area (Å²) in [6.07, 6.45) is 4.48. The first-order valence-corrected chi connectivity index (χ1v) is 11.4. The fourth-order valence-corrected chi connectivity index (χ4v) is 5.56. The van der Waals surface area contributed by atoms with Crippen molar-refractivity contribution in [1.82, 2.24) is 14.1 Å². The van der Waals surface area contributed by atoms with E-state index in [9.17, 15) is 13.2 Å². The molecule has 1 aromatic carbocycles. The lowest BCUT2D eigenvalue weighted by molar-refractivity contribution is 0.329. The van der Waals surface area contributed by atoms with Gasteiger partial charge in [-0.25, -0.2) is 17.4 Å². The van der Waals surface area contributed by atoms with Gasteiger partial charge in [0, 0.05) is 19.1 Å². The van der Waals surface area contributed by atoms with Crippen molar-refractivity contribution in [2.75, 3.05) is 18.4 Å². The van der Waals surface area contributed by atoms with Gasteiger partial charge in [0.1, 0.15) is 5.02 Å². The van der Waals surface area contributed by atoms with Gasteiger partial charge in [0.15, 0.2) is 0 Å². The number of halogens is 1. The highest BCUT2D eigenvalue weighted by Gasteiger charge is 2.41. The maximum Gasteiger partial charge on any atom is 0.287 e. The molecule has 2 heterocycles. The monoisotopic (exact) mass is 422 g/mol. The maximum absolute atomic E-state index is 12.5. The number of rotatable bonds is 6. The average Bonchev–Trinajstić information content (AvgIpc) is 3.55. The molecule has 2 fully saturated rings. The van der Waals surface area contributed by atoms with Gasteiger partial charge in [0.05, 0.1) is 23.7 Å². The van der Waals surface area contributed by atoms with Gasteiger partial charge in [0.25, 0.3) is 5.56 Å². The van der Waals surface area contributed by atoms with Crippen LogP contribution in [-0.4, -0.2) is 46.9 Å². The molecule has 0 spiro atoms. The number of piperidine rings is 1. The van der Waals surface area contributed by atoms with Crippen LogP contribution in [0.1, 0.15) is 31.2 Å². The third-order valence-corrected chi connectivity index (χ3v) is 8.04. The molecule has 1 N–H and O–H groups in total. The van der Waals surface area contributed by atoms with E-state index in [1.165, 1.54) is 4.68 Å². The first-order chi connectivity index (χ1) is 13.4. The predicted octanol–water partition coefficient (Wildman–Crippen LogP) is 2.31. The van der Waals surface area contributed by atoms with Gasteiger partial charge in [0.2, 0.25) is 10.0 Å². The van der Waals surface area contributed by atoms with Crippen LogP contribution in [-0.2, 0) is 16.6 Å². The van der Waals surface area contributed by atoms with Crippen molar-refractivity contribution in [3.05, 3.63) is 57.5 Å². The van der Waals surface area contributed by atoms with E-state index < -0.39 is 10.0 Å². The Hall–Kier alpha value is -1.90. The Morgan fingerprint density at radius 1 is 1.11 bits per heavy atom. The minimum atomic E-state index is -3.12. The molecule has 0 unspecified atom stereocenters. The lowest BCUT2D eigenvalue weighted by atomic mass is 10.1. The van der Waals surface area contributed by atoms with Crippen molar-refractivity contribution in [1.29, 1.82) is 0 Å². The minimum Gasteiger partial charge on any atom is -0.380 e. The van der Waals surface area contributed by atoms with Gasteiger partial charge in [-0.2, -0.15) is 5.10 Å². The summed E-state index contributed by atoms with van der Waals surface area (Å²) >= 11 is 6.29. The van der Waals surface area contributed by atoms with Crippen LogP contribution < -0.4 is 10.9 Å². The summed E-state index contributed by atoms with van der Waals surface area (Å²) in [5.41, 5.74) is 1.13. The lowest BCUT2D eigenvalue weighted by Gasteiger charge is -2.32. The highest BCUT2D eigenvalue weighted by atomic mass is 35.5. The quantitative estimate of drug-likeness (QED) is 0.772. The zero-order chi connectivity index (χ0) is 19.7. The van der Waals surface area contributed by atoms with Crippen molar-refractivity contribution >= 4 is 27.3 Å². The lowest BCUT2D eigenvalue weighted by Crippen LogP contribution is -2.43. The van der Waals surface area contributed by atoms with Crippen LogP contribution in [0.4, 0.5) is 5.69 Å². The Balaban J connectivity index is 1.40. The molecule has 0 bridgehead atoms. The van der Waals surface area contributed by atoms with Crippen molar-refractivity contribution in [3.63, 3.8) is 0 Å². The highest BCUT2D eigenvalue weighted by Crippen LogP contribution is 2.32. The van der Waals surface area contributed by atoms with Crippen molar-refractivity contribution in [3.8, 4) is 0 Å². The second-order valence-corrected chi connectivity index (χ2v) is 9.97. The van der Waals surface area contributed by atoms with Crippen LogP contribution in [0.5, 0.6) is 0 Å². The first kappa shape index (κ1) is 19.4. The summed E-state index contributed by atoms with van der Waals surface area (Å²) < 4.78 is 27.6. The molecule has 150 valence electrons. The topological polar surface area (TPSA) is 84.3 Å². The van der Waals surface area contributed by atoms with Crippen molar-refractivity contribution in [2.45, 2.75) is 43.5 Å². The highest BCUT2D eigenvalue weighted by molar-refractivity contribution is 7.90. The summed E-state index contributed by atoms with van der Waals surface area (Å²) in [7, 11) is -3.12. The molecular formula is C19H23ClN4O3S. The Morgan fingerprint density at radius 3 is 2.43 bits per heavy atom. The van der Waals surface area contributed by atoms with E-state index in [1.807, 2.05) is 30.3 Å². The van der Waals surface area contributed by atoms with Crippen molar-refractivity contribution in [2.24, 2.45) is 0 Å². The van der Waals surface area contributed by atoms with Crippen LogP contribution >= 0.6 is 11.6 Å². The maximum atomic E-state index is 12.5. The zero-order valence-electron chi connectivity index (χ0n) is 15.4. The SMILES string of the molecule is O=c1c(Cl)c(NC2CCN(S(=O)(=O)C3CC3)CC2)cnn1Cc1ccccc1. The summed E-state index contributed by atoms with van der Waals surface area (Å²) in [5, 5.41) is 7.44. The average molecular weight is 423 g/mol. The fraction of sp³-hybridized carbons (Fsp3) is 0.474.